The van der Waals surface area contributed by atoms with Gasteiger partial charge in [0.05, 0.1) is 8.07 Å². The molecule has 0 aromatic heterocycles. The molecular formula is C15H20Si. The monoisotopic (exact) mass is 228 g/mol. The Balaban J connectivity index is 2.20. The number of allylic oxidation sites excluding steroid dienone is 2. The molecule has 0 amide bonds. The molecule has 1 unspecified atom stereocenters. The van der Waals surface area contributed by atoms with Gasteiger partial charge in [0.2, 0.25) is 0 Å². The van der Waals surface area contributed by atoms with E-state index in [1.54, 1.807) is 22.3 Å². The molecular weight excluding hydrogens is 208 g/mol. The van der Waals surface area contributed by atoms with Gasteiger partial charge in [0, 0.05) is 0 Å². The molecule has 0 N–H and O–H groups in total. The van der Waals surface area contributed by atoms with Gasteiger partial charge in [-0.2, -0.15) is 0 Å². The number of aryl methyl sites for hydroxylation is 1. The zero-order valence-corrected chi connectivity index (χ0v) is 11.5. The zero-order valence-electron chi connectivity index (χ0n) is 10.5. The summed E-state index contributed by atoms with van der Waals surface area (Å²) in [4.78, 5) is 0. The van der Waals surface area contributed by atoms with Gasteiger partial charge in [-0.3, -0.25) is 0 Å². The average molecular weight is 228 g/mol. The average Bonchev–Trinajstić information content (AvgIpc) is 2.60. The van der Waals surface area contributed by atoms with Crippen LogP contribution in [0.25, 0.3) is 5.57 Å². The zero-order chi connectivity index (χ0) is 11.3. The van der Waals surface area contributed by atoms with Crippen LogP contribution in [0.3, 0.4) is 0 Å². The summed E-state index contributed by atoms with van der Waals surface area (Å²) in [6.45, 7) is 7.47. The molecule has 0 heterocycles. The molecule has 0 radical (unpaired) electrons. The molecule has 1 aromatic rings. The van der Waals surface area contributed by atoms with Gasteiger partial charge in [-0.15, -0.1) is 0 Å². The summed E-state index contributed by atoms with van der Waals surface area (Å²) in [6.07, 6.45) is 6.55. The lowest BCUT2D eigenvalue weighted by molar-refractivity contribution is 0.824. The van der Waals surface area contributed by atoms with Crippen LogP contribution in [-0.2, 0) is 6.42 Å². The van der Waals surface area contributed by atoms with Crippen LogP contribution in [0.4, 0.5) is 0 Å². The number of benzene rings is 1. The Labute approximate surface area is 99.4 Å². The maximum absolute atomic E-state index is 2.60. The van der Waals surface area contributed by atoms with Crippen LogP contribution in [0.2, 0.25) is 19.6 Å². The van der Waals surface area contributed by atoms with Crippen molar-refractivity contribution in [1.82, 2.24) is 0 Å². The molecule has 0 aliphatic heterocycles. The van der Waals surface area contributed by atoms with Gasteiger partial charge in [0.25, 0.3) is 0 Å². The van der Waals surface area contributed by atoms with E-state index in [0.29, 0.717) is 0 Å². The van der Waals surface area contributed by atoms with Crippen molar-refractivity contribution in [1.29, 1.82) is 0 Å². The maximum Gasteiger partial charge on any atom is 0.0566 e. The molecule has 0 saturated carbocycles. The molecule has 16 heavy (non-hydrogen) atoms. The topological polar surface area (TPSA) is 0 Å². The summed E-state index contributed by atoms with van der Waals surface area (Å²) < 4.78 is 0. The Hall–Kier alpha value is -0.823. The fraction of sp³-hybridized carbons (Fsp3) is 0.467. The SMILES string of the molecule is C[Si](C)(C)C1C=C2CCCc3cccc1c32. The molecule has 2 aliphatic carbocycles. The Morgan fingerprint density at radius 2 is 1.94 bits per heavy atom. The second kappa shape index (κ2) is 3.33. The molecule has 0 nitrogen and oxygen atoms in total. The second-order valence-corrected chi connectivity index (χ2v) is 11.6. The minimum atomic E-state index is -1.11. The molecule has 0 fully saturated rings. The van der Waals surface area contributed by atoms with Crippen LogP contribution in [0.15, 0.2) is 24.3 Å². The van der Waals surface area contributed by atoms with E-state index in [9.17, 15) is 0 Å². The Morgan fingerprint density at radius 1 is 1.12 bits per heavy atom. The van der Waals surface area contributed by atoms with E-state index >= 15 is 0 Å². The minimum Gasteiger partial charge on any atom is -0.0759 e. The quantitative estimate of drug-likeness (QED) is 0.626. The van der Waals surface area contributed by atoms with Crippen LogP contribution in [0.5, 0.6) is 0 Å². The van der Waals surface area contributed by atoms with Crippen LogP contribution in [0.1, 0.15) is 35.1 Å². The van der Waals surface area contributed by atoms with Gasteiger partial charge >= 0.3 is 0 Å². The third kappa shape index (κ3) is 1.41. The maximum atomic E-state index is 2.60. The molecule has 0 bridgehead atoms. The highest BCUT2D eigenvalue weighted by Crippen LogP contribution is 2.46. The van der Waals surface area contributed by atoms with Gasteiger partial charge in [0.15, 0.2) is 0 Å². The van der Waals surface area contributed by atoms with Gasteiger partial charge in [-0.25, -0.2) is 0 Å². The highest BCUT2D eigenvalue weighted by molar-refractivity contribution is 6.78. The smallest absolute Gasteiger partial charge is 0.0566 e. The van der Waals surface area contributed by atoms with Crippen LogP contribution >= 0.6 is 0 Å². The van der Waals surface area contributed by atoms with Crippen molar-refractivity contribution in [3.05, 3.63) is 41.0 Å². The van der Waals surface area contributed by atoms with Crippen LogP contribution in [-0.4, -0.2) is 8.07 Å². The van der Waals surface area contributed by atoms with Gasteiger partial charge < -0.3 is 0 Å². The van der Waals surface area contributed by atoms with Crippen molar-refractivity contribution in [2.45, 2.75) is 44.4 Å². The first-order valence-electron chi connectivity index (χ1n) is 6.40. The molecule has 0 spiro atoms. The highest BCUT2D eigenvalue weighted by Gasteiger charge is 2.35. The van der Waals surface area contributed by atoms with Crippen LogP contribution in [0, 0.1) is 0 Å². The van der Waals surface area contributed by atoms with E-state index in [2.05, 4.69) is 43.9 Å². The lowest BCUT2D eigenvalue weighted by Gasteiger charge is -2.25. The third-order valence-corrected chi connectivity index (χ3v) is 6.38. The fourth-order valence-electron chi connectivity index (χ4n) is 3.25. The largest absolute Gasteiger partial charge is 0.0759 e. The van der Waals surface area contributed by atoms with Gasteiger partial charge in [-0.05, 0) is 47.1 Å². The summed E-state index contributed by atoms with van der Waals surface area (Å²) in [5.74, 6) is 0. The standard InChI is InChI=1S/C15H20Si/c1-16(2,3)14-10-12-8-4-6-11-7-5-9-13(14)15(11)12/h5,7,9-10,14H,4,6,8H2,1-3H3. The van der Waals surface area contributed by atoms with Crippen molar-refractivity contribution in [3.8, 4) is 0 Å². The van der Waals surface area contributed by atoms with Crippen LogP contribution < -0.4 is 0 Å². The molecule has 1 atom stereocenters. The van der Waals surface area contributed by atoms with E-state index in [1.807, 2.05) is 0 Å². The second-order valence-electron chi connectivity index (χ2n) is 6.27. The van der Waals surface area contributed by atoms with Gasteiger partial charge in [-0.1, -0.05) is 43.9 Å². The van der Waals surface area contributed by atoms with E-state index in [1.165, 1.54) is 19.3 Å². The predicted molar refractivity (Wildman–Crippen MR) is 73.4 cm³/mol. The van der Waals surface area contributed by atoms with E-state index in [4.69, 9.17) is 0 Å². The first-order chi connectivity index (χ1) is 7.57. The predicted octanol–water partition coefficient (Wildman–Crippen LogP) is 4.38. The van der Waals surface area contributed by atoms with Crippen molar-refractivity contribution in [3.63, 3.8) is 0 Å². The summed E-state index contributed by atoms with van der Waals surface area (Å²) in [5.41, 5.74) is 7.31. The molecule has 0 saturated heterocycles. The first kappa shape index (κ1) is 10.3. The lowest BCUT2D eigenvalue weighted by Crippen LogP contribution is -2.28. The van der Waals surface area contributed by atoms with E-state index in [-0.39, 0.29) is 0 Å². The summed E-state index contributed by atoms with van der Waals surface area (Å²) in [6, 6.07) is 6.97. The number of hydrogen-bond acceptors (Lipinski definition) is 0. The summed E-state index contributed by atoms with van der Waals surface area (Å²) in [7, 11) is -1.11. The molecule has 3 rings (SSSR count). The van der Waals surface area contributed by atoms with Gasteiger partial charge in [0.1, 0.15) is 0 Å². The molecule has 84 valence electrons. The van der Waals surface area contributed by atoms with E-state index in [0.717, 1.165) is 5.54 Å². The fourth-order valence-corrected chi connectivity index (χ4v) is 5.12. The first-order valence-corrected chi connectivity index (χ1v) is 9.98. The highest BCUT2D eigenvalue weighted by atomic mass is 28.3. The number of rotatable bonds is 1. The third-order valence-electron chi connectivity index (χ3n) is 4.03. The van der Waals surface area contributed by atoms with Crippen molar-refractivity contribution < 1.29 is 0 Å². The summed E-state index contributed by atoms with van der Waals surface area (Å²) >= 11 is 0. The Kier molecular flexibility index (Phi) is 2.15. The molecule has 1 aromatic carbocycles. The number of hydrogen-bond donors (Lipinski definition) is 0. The Bertz CT molecular complexity index is 463. The van der Waals surface area contributed by atoms with Crippen molar-refractivity contribution >= 4 is 13.6 Å². The summed E-state index contributed by atoms with van der Waals surface area (Å²) in [5, 5.41) is 0. The minimum absolute atomic E-state index is 0.760. The Morgan fingerprint density at radius 3 is 2.69 bits per heavy atom. The van der Waals surface area contributed by atoms with E-state index < -0.39 is 8.07 Å². The lowest BCUT2D eigenvalue weighted by atomic mass is 9.88. The van der Waals surface area contributed by atoms with Crippen molar-refractivity contribution in [2.75, 3.05) is 0 Å². The normalized spacial score (nSPS) is 22.9. The molecule has 1 heteroatoms. The molecule has 2 aliphatic rings. The van der Waals surface area contributed by atoms with Crippen molar-refractivity contribution in [2.24, 2.45) is 0 Å².